The zero-order valence-corrected chi connectivity index (χ0v) is 12.8. The number of aliphatic hydroxyl groups is 1. The summed E-state index contributed by atoms with van der Waals surface area (Å²) in [6.45, 7) is 7.59. The van der Waals surface area contributed by atoms with Gasteiger partial charge < -0.3 is 9.84 Å². The fraction of sp³-hybridized carbons (Fsp3) is 1.00. The predicted octanol–water partition coefficient (Wildman–Crippen LogP) is 1.33. The van der Waals surface area contributed by atoms with Gasteiger partial charge in [-0.05, 0) is 32.1 Å². The van der Waals surface area contributed by atoms with Gasteiger partial charge >= 0.3 is 0 Å². The van der Waals surface area contributed by atoms with E-state index < -0.39 is 0 Å². The Kier molecular flexibility index (Phi) is 4.97. The van der Waals surface area contributed by atoms with Crippen LogP contribution in [0, 0.1) is 5.92 Å². The number of hydrogen-bond donors (Lipinski definition) is 1. The van der Waals surface area contributed by atoms with E-state index in [4.69, 9.17) is 4.74 Å². The lowest BCUT2D eigenvalue weighted by atomic mass is 9.85. The summed E-state index contributed by atoms with van der Waals surface area (Å²) >= 11 is 0. The van der Waals surface area contributed by atoms with Gasteiger partial charge in [0.1, 0.15) is 0 Å². The maximum absolute atomic E-state index is 10.4. The van der Waals surface area contributed by atoms with Gasteiger partial charge in [0, 0.05) is 38.3 Å². The second-order valence-corrected chi connectivity index (χ2v) is 6.96. The maximum atomic E-state index is 10.4. The summed E-state index contributed by atoms with van der Waals surface area (Å²) < 4.78 is 5.37. The highest BCUT2D eigenvalue weighted by Gasteiger charge is 2.40. The Morgan fingerprint density at radius 1 is 1.15 bits per heavy atom. The molecule has 1 saturated carbocycles. The molecule has 2 heterocycles. The Morgan fingerprint density at radius 2 is 1.90 bits per heavy atom. The Balaban J connectivity index is 1.50. The highest BCUT2D eigenvalue weighted by molar-refractivity contribution is 4.95. The number of likely N-dealkylation sites (tertiary alicyclic amines) is 1. The van der Waals surface area contributed by atoms with Crippen molar-refractivity contribution in [3.8, 4) is 0 Å². The molecule has 116 valence electrons. The van der Waals surface area contributed by atoms with Crippen LogP contribution in [0.15, 0.2) is 0 Å². The van der Waals surface area contributed by atoms with E-state index in [-0.39, 0.29) is 6.10 Å². The first-order valence-electron chi connectivity index (χ1n) is 8.48. The molecule has 0 aromatic heterocycles. The molecule has 2 saturated heterocycles. The zero-order valence-electron chi connectivity index (χ0n) is 12.8. The van der Waals surface area contributed by atoms with Crippen molar-refractivity contribution in [3.63, 3.8) is 0 Å². The molecule has 0 aromatic rings. The highest BCUT2D eigenvalue weighted by atomic mass is 16.5. The molecule has 20 heavy (non-hydrogen) atoms. The van der Waals surface area contributed by atoms with E-state index in [1.165, 1.54) is 32.1 Å². The van der Waals surface area contributed by atoms with Gasteiger partial charge in [-0.1, -0.05) is 12.8 Å². The third-order valence-corrected chi connectivity index (χ3v) is 5.50. The van der Waals surface area contributed by atoms with Crippen molar-refractivity contribution < 1.29 is 9.84 Å². The molecule has 1 N–H and O–H groups in total. The molecule has 3 fully saturated rings. The van der Waals surface area contributed by atoms with Gasteiger partial charge in [-0.2, -0.15) is 0 Å². The number of aliphatic hydroxyl groups excluding tert-OH is 1. The minimum absolute atomic E-state index is 0.212. The monoisotopic (exact) mass is 282 g/mol. The molecular formula is C16H30N2O2. The van der Waals surface area contributed by atoms with Gasteiger partial charge in [-0.3, -0.25) is 9.80 Å². The Morgan fingerprint density at radius 3 is 2.70 bits per heavy atom. The van der Waals surface area contributed by atoms with Crippen LogP contribution >= 0.6 is 0 Å². The van der Waals surface area contributed by atoms with Crippen molar-refractivity contribution in [2.75, 3.05) is 39.4 Å². The number of nitrogens with zero attached hydrogens (tertiary/aromatic N) is 2. The SMILES string of the molecule is C[C@@H]1C[C@@H]2CCCC[C@H]2N1C[C@H](O)CN1CCOCC1. The Bertz CT molecular complexity index is 307. The van der Waals surface area contributed by atoms with Gasteiger partial charge in [0.05, 0.1) is 19.3 Å². The third-order valence-electron chi connectivity index (χ3n) is 5.50. The van der Waals surface area contributed by atoms with Crippen LogP contribution in [-0.4, -0.2) is 72.5 Å². The quantitative estimate of drug-likeness (QED) is 0.844. The summed E-state index contributed by atoms with van der Waals surface area (Å²) in [5.41, 5.74) is 0. The van der Waals surface area contributed by atoms with Gasteiger partial charge in [-0.15, -0.1) is 0 Å². The zero-order chi connectivity index (χ0) is 13.9. The number of ether oxygens (including phenoxy) is 1. The Hall–Kier alpha value is -0.160. The standard InChI is InChI=1S/C16H30N2O2/c1-13-10-14-4-2-3-5-16(14)18(13)12-15(19)11-17-6-8-20-9-7-17/h13-16,19H,2-12H2,1H3/t13-,14+,15-,16-/m1/s1. The van der Waals surface area contributed by atoms with Gasteiger partial charge in [0.25, 0.3) is 0 Å². The van der Waals surface area contributed by atoms with Crippen LogP contribution < -0.4 is 0 Å². The summed E-state index contributed by atoms with van der Waals surface area (Å²) in [6.07, 6.45) is 6.68. The van der Waals surface area contributed by atoms with E-state index >= 15 is 0 Å². The molecule has 1 aliphatic carbocycles. The van der Waals surface area contributed by atoms with Crippen LogP contribution in [0.1, 0.15) is 39.0 Å². The number of β-amino-alcohol motifs (C(OH)–C–C–N with tert-alkyl or cyclic N) is 1. The molecule has 4 nitrogen and oxygen atoms in total. The van der Waals surface area contributed by atoms with Gasteiger partial charge in [0.15, 0.2) is 0 Å². The van der Waals surface area contributed by atoms with Crippen molar-refractivity contribution in [2.24, 2.45) is 5.92 Å². The molecule has 4 heteroatoms. The second-order valence-electron chi connectivity index (χ2n) is 6.96. The van der Waals surface area contributed by atoms with Crippen LogP contribution in [0.3, 0.4) is 0 Å². The van der Waals surface area contributed by atoms with E-state index in [0.29, 0.717) is 6.04 Å². The molecule has 2 aliphatic heterocycles. The van der Waals surface area contributed by atoms with Crippen molar-refractivity contribution >= 4 is 0 Å². The second kappa shape index (κ2) is 6.73. The van der Waals surface area contributed by atoms with Crippen LogP contribution in [-0.2, 0) is 4.74 Å². The first kappa shape index (κ1) is 14.8. The third kappa shape index (κ3) is 3.35. The molecule has 3 aliphatic rings. The normalized spacial score (nSPS) is 37.8. The summed E-state index contributed by atoms with van der Waals surface area (Å²) in [7, 11) is 0. The van der Waals surface area contributed by atoms with E-state index in [2.05, 4.69) is 16.7 Å². The van der Waals surface area contributed by atoms with Crippen molar-refractivity contribution in [2.45, 2.75) is 57.2 Å². The van der Waals surface area contributed by atoms with Gasteiger partial charge in [0.2, 0.25) is 0 Å². The molecule has 0 unspecified atom stereocenters. The Labute approximate surface area is 123 Å². The van der Waals surface area contributed by atoms with E-state index in [9.17, 15) is 5.11 Å². The van der Waals surface area contributed by atoms with E-state index in [1.54, 1.807) is 0 Å². The van der Waals surface area contributed by atoms with Crippen molar-refractivity contribution in [1.82, 2.24) is 9.80 Å². The number of fused-ring (bicyclic) bond motifs is 1. The van der Waals surface area contributed by atoms with Crippen LogP contribution in [0.5, 0.6) is 0 Å². The molecule has 0 aromatic carbocycles. The first-order chi connectivity index (χ1) is 9.74. The topological polar surface area (TPSA) is 35.9 Å². The molecule has 0 radical (unpaired) electrons. The predicted molar refractivity (Wildman–Crippen MR) is 79.8 cm³/mol. The van der Waals surface area contributed by atoms with Crippen LogP contribution in [0.25, 0.3) is 0 Å². The largest absolute Gasteiger partial charge is 0.390 e. The molecule has 0 spiro atoms. The molecular weight excluding hydrogens is 252 g/mol. The number of rotatable bonds is 4. The molecule has 0 amide bonds. The van der Waals surface area contributed by atoms with Crippen LogP contribution in [0.2, 0.25) is 0 Å². The lowest BCUT2D eigenvalue weighted by Crippen LogP contribution is -2.47. The highest BCUT2D eigenvalue weighted by Crippen LogP contribution is 2.39. The average Bonchev–Trinajstić information content (AvgIpc) is 2.76. The lowest BCUT2D eigenvalue weighted by Gasteiger charge is -2.36. The van der Waals surface area contributed by atoms with E-state index in [0.717, 1.165) is 51.4 Å². The van der Waals surface area contributed by atoms with Gasteiger partial charge in [-0.25, -0.2) is 0 Å². The maximum Gasteiger partial charge on any atom is 0.0794 e. The average molecular weight is 282 g/mol. The summed E-state index contributed by atoms with van der Waals surface area (Å²) in [4.78, 5) is 4.95. The summed E-state index contributed by atoms with van der Waals surface area (Å²) in [5.74, 6) is 0.898. The van der Waals surface area contributed by atoms with Crippen molar-refractivity contribution in [1.29, 1.82) is 0 Å². The number of hydrogen-bond acceptors (Lipinski definition) is 4. The fourth-order valence-electron chi connectivity index (χ4n) is 4.50. The van der Waals surface area contributed by atoms with E-state index in [1.807, 2.05) is 0 Å². The smallest absolute Gasteiger partial charge is 0.0794 e. The van der Waals surface area contributed by atoms with Crippen LogP contribution in [0.4, 0.5) is 0 Å². The molecule has 4 atom stereocenters. The summed E-state index contributed by atoms with van der Waals surface area (Å²) in [6, 6.07) is 1.40. The lowest BCUT2D eigenvalue weighted by molar-refractivity contribution is 0.000707. The molecule has 0 bridgehead atoms. The molecule has 3 rings (SSSR count). The first-order valence-corrected chi connectivity index (χ1v) is 8.48. The minimum Gasteiger partial charge on any atom is -0.390 e. The minimum atomic E-state index is -0.212. The van der Waals surface area contributed by atoms with Crippen molar-refractivity contribution in [3.05, 3.63) is 0 Å². The number of morpholine rings is 1. The fourth-order valence-corrected chi connectivity index (χ4v) is 4.50. The summed E-state index contributed by atoms with van der Waals surface area (Å²) in [5, 5.41) is 10.4.